The van der Waals surface area contributed by atoms with Crippen LogP contribution in [0.5, 0.6) is 0 Å². The van der Waals surface area contributed by atoms with Crippen molar-refractivity contribution in [2.24, 2.45) is 0 Å². The third kappa shape index (κ3) is 6.26. The Morgan fingerprint density at radius 2 is 1.76 bits per heavy atom. The zero-order chi connectivity index (χ0) is 22.7. The van der Waals surface area contributed by atoms with Crippen molar-refractivity contribution in [1.82, 2.24) is 5.32 Å². The lowest BCUT2D eigenvalue weighted by Gasteiger charge is -2.15. The number of carbonyl (C=O) groups excluding carboxylic acids is 1. The molecule has 0 aromatic heterocycles. The first-order valence-corrected chi connectivity index (χ1v) is 12.4. The third-order valence-corrected chi connectivity index (χ3v) is 7.46. The summed E-state index contributed by atoms with van der Waals surface area (Å²) in [5.41, 5.74) is 4.65. The normalized spacial score (nSPS) is 13.5. The Hall–Kier alpha value is -2.58. The summed E-state index contributed by atoms with van der Waals surface area (Å²) in [5.74, 6) is -0.0509. The molecule has 4 rings (SSSR count). The van der Waals surface area contributed by atoms with Gasteiger partial charge in [-0.3, -0.25) is 0 Å². The van der Waals surface area contributed by atoms with Gasteiger partial charge in [0.05, 0.1) is 16.7 Å². The van der Waals surface area contributed by atoms with Crippen LogP contribution in [0.3, 0.4) is 0 Å². The van der Waals surface area contributed by atoms with E-state index in [4.69, 9.17) is 11.6 Å². The van der Waals surface area contributed by atoms with Gasteiger partial charge in [0.2, 0.25) is 0 Å². The Labute approximate surface area is 205 Å². The summed E-state index contributed by atoms with van der Waals surface area (Å²) in [6.45, 7) is 3.70. The molecule has 0 aliphatic carbocycles. The van der Waals surface area contributed by atoms with Crippen molar-refractivity contribution in [2.75, 3.05) is 5.32 Å². The van der Waals surface area contributed by atoms with E-state index in [9.17, 15) is 13.2 Å². The van der Waals surface area contributed by atoms with E-state index in [-0.39, 0.29) is 35.1 Å². The smallest absolute Gasteiger partial charge is 0.319 e. The lowest BCUT2D eigenvalue weighted by molar-refractivity contribution is -0.676. The standard InChI is InChI=1S/C24H24ClN3O3S.ClH/c1-16(18-3-2-4-21(25)12-18)27-24(29)28-22-7-9-23(10-8-22)32(30,31)15-17-5-6-19-13-26-14-20(19)11-17;/h2-12,16,26H,13-15H2,1H3,(H2,27,28,29);1H. The van der Waals surface area contributed by atoms with E-state index in [1.807, 2.05) is 37.3 Å². The number of quaternary nitrogens is 1. The van der Waals surface area contributed by atoms with Crippen molar-refractivity contribution in [2.45, 2.75) is 36.7 Å². The molecule has 3 aromatic carbocycles. The number of sulfone groups is 1. The molecule has 9 heteroatoms. The summed E-state index contributed by atoms with van der Waals surface area (Å²) in [6, 6.07) is 18.8. The molecule has 1 unspecified atom stereocenters. The molecule has 0 fully saturated rings. The van der Waals surface area contributed by atoms with Gasteiger partial charge in [-0.1, -0.05) is 35.9 Å². The van der Waals surface area contributed by atoms with Crippen LogP contribution in [0.25, 0.3) is 0 Å². The highest BCUT2D eigenvalue weighted by molar-refractivity contribution is 7.90. The summed E-state index contributed by atoms with van der Waals surface area (Å²) in [4.78, 5) is 12.5. The van der Waals surface area contributed by atoms with Crippen molar-refractivity contribution in [3.8, 4) is 0 Å². The number of carbonyl (C=O) groups is 1. The van der Waals surface area contributed by atoms with Crippen molar-refractivity contribution in [3.05, 3.63) is 94.0 Å². The number of amides is 2. The summed E-state index contributed by atoms with van der Waals surface area (Å²) in [5, 5.41) is 8.37. The second kappa shape index (κ2) is 10.6. The van der Waals surface area contributed by atoms with Gasteiger partial charge in [0, 0.05) is 21.8 Å². The Kier molecular flexibility index (Phi) is 8.02. The predicted octanol–water partition coefficient (Wildman–Crippen LogP) is 0.778. The minimum atomic E-state index is -3.49. The Morgan fingerprint density at radius 1 is 1.03 bits per heavy atom. The molecule has 0 saturated carbocycles. The van der Waals surface area contributed by atoms with Gasteiger partial charge in [0.1, 0.15) is 13.1 Å². The lowest BCUT2D eigenvalue weighted by Crippen LogP contribution is -3.00. The molecule has 0 spiro atoms. The van der Waals surface area contributed by atoms with Gasteiger partial charge < -0.3 is 28.4 Å². The molecule has 174 valence electrons. The number of nitrogens with two attached hydrogens (primary N) is 1. The van der Waals surface area contributed by atoms with Crippen molar-refractivity contribution >= 4 is 33.2 Å². The Morgan fingerprint density at radius 3 is 2.48 bits per heavy atom. The van der Waals surface area contributed by atoms with Crippen LogP contribution in [0.2, 0.25) is 5.02 Å². The van der Waals surface area contributed by atoms with E-state index in [1.165, 1.54) is 23.3 Å². The quantitative estimate of drug-likeness (QED) is 0.462. The van der Waals surface area contributed by atoms with Crippen LogP contribution in [-0.2, 0) is 28.7 Å². The first-order chi connectivity index (χ1) is 15.3. The van der Waals surface area contributed by atoms with Crippen LogP contribution in [0.4, 0.5) is 10.5 Å². The highest BCUT2D eigenvalue weighted by Crippen LogP contribution is 2.22. The lowest BCUT2D eigenvalue weighted by atomic mass is 10.1. The van der Waals surface area contributed by atoms with Crippen molar-refractivity contribution < 1.29 is 30.9 Å². The number of benzene rings is 3. The molecule has 1 heterocycles. The second-order valence-corrected chi connectivity index (χ2v) is 10.4. The second-order valence-electron chi connectivity index (χ2n) is 7.96. The number of urea groups is 1. The van der Waals surface area contributed by atoms with E-state index in [1.54, 1.807) is 24.3 Å². The molecule has 0 radical (unpaired) electrons. The van der Waals surface area contributed by atoms with E-state index < -0.39 is 9.84 Å². The van der Waals surface area contributed by atoms with Crippen LogP contribution < -0.4 is 28.4 Å². The summed E-state index contributed by atoms with van der Waals surface area (Å²) in [7, 11) is -3.49. The molecule has 1 aliphatic heterocycles. The van der Waals surface area contributed by atoms with Crippen LogP contribution in [-0.4, -0.2) is 14.4 Å². The van der Waals surface area contributed by atoms with Crippen LogP contribution in [0, 0.1) is 0 Å². The molecular weight excluding hydrogens is 481 g/mol. The molecule has 6 nitrogen and oxygen atoms in total. The SMILES string of the molecule is CC(NC(=O)Nc1ccc(S(=O)(=O)Cc2ccc3c(c2)C[NH2+]C3)cc1)c1cccc(Cl)c1.[Cl-]. The predicted molar refractivity (Wildman–Crippen MR) is 125 cm³/mol. The number of halogens is 2. The van der Waals surface area contributed by atoms with Gasteiger partial charge in [-0.05, 0) is 60.5 Å². The largest absolute Gasteiger partial charge is 1.00 e. The van der Waals surface area contributed by atoms with Crippen molar-refractivity contribution in [3.63, 3.8) is 0 Å². The molecule has 1 atom stereocenters. The van der Waals surface area contributed by atoms with Gasteiger partial charge in [-0.2, -0.15) is 0 Å². The highest BCUT2D eigenvalue weighted by atomic mass is 35.5. The molecule has 1 aliphatic rings. The maximum Gasteiger partial charge on any atom is 0.319 e. The zero-order valence-corrected chi connectivity index (χ0v) is 20.3. The highest BCUT2D eigenvalue weighted by Gasteiger charge is 2.19. The van der Waals surface area contributed by atoms with Crippen LogP contribution in [0.15, 0.2) is 71.6 Å². The third-order valence-electron chi connectivity index (χ3n) is 5.52. The number of fused-ring (bicyclic) bond motifs is 1. The minimum Gasteiger partial charge on any atom is -1.00 e. The molecule has 2 amide bonds. The monoisotopic (exact) mass is 505 g/mol. The average molecular weight is 506 g/mol. The molecule has 4 N–H and O–H groups in total. The Balaban J connectivity index is 0.00000306. The van der Waals surface area contributed by atoms with Gasteiger partial charge in [-0.25, -0.2) is 13.2 Å². The number of hydrogen-bond donors (Lipinski definition) is 3. The minimum absolute atomic E-state index is 0. The van der Waals surface area contributed by atoms with Gasteiger partial charge >= 0.3 is 6.03 Å². The number of hydrogen-bond acceptors (Lipinski definition) is 3. The summed E-state index contributed by atoms with van der Waals surface area (Å²) >= 11 is 6.00. The summed E-state index contributed by atoms with van der Waals surface area (Å²) in [6.07, 6.45) is 0. The first-order valence-electron chi connectivity index (χ1n) is 10.4. The fraction of sp³-hybridized carbons (Fsp3) is 0.208. The average Bonchev–Trinajstić information content (AvgIpc) is 3.21. The number of rotatable bonds is 6. The van der Waals surface area contributed by atoms with E-state index >= 15 is 0 Å². The topological polar surface area (TPSA) is 91.9 Å². The molecule has 0 saturated heterocycles. The Bertz CT molecular complexity index is 1250. The van der Waals surface area contributed by atoms with Crippen molar-refractivity contribution in [1.29, 1.82) is 0 Å². The van der Waals surface area contributed by atoms with Crippen LogP contribution >= 0.6 is 11.6 Å². The van der Waals surface area contributed by atoms with Crippen LogP contribution in [0.1, 0.15) is 35.2 Å². The maximum absolute atomic E-state index is 12.8. The van der Waals surface area contributed by atoms with Gasteiger partial charge in [0.25, 0.3) is 0 Å². The summed E-state index contributed by atoms with van der Waals surface area (Å²) < 4.78 is 25.7. The molecular formula is C24H25Cl2N3O3S. The van der Waals surface area contributed by atoms with Gasteiger partial charge in [-0.15, -0.1) is 0 Å². The van der Waals surface area contributed by atoms with Gasteiger partial charge in [0.15, 0.2) is 9.84 Å². The fourth-order valence-electron chi connectivity index (χ4n) is 3.81. The van der Waals surface area contributed by atoms with E-state index in [0.717, 1.165) is 24.2 Å². The first kappa shape index (κ1) is 25.1. The van der Waals surface area contributed by atoms with E-state index in [0.29, 0.717) is 10.7 Å². The van der Waals surface area contributed by atoms with E-state index in [2.05, 4.69) is 16.0 Å². The zero-order valence-electron chi connectivity index (χ0n) is 18.0. The number of anilines is 1. The maximum atomic E-state index is 12.8. The fourth-order valence-corrected chi connectivity index (χ4v) is 5.35. The molecule has 0 bridgehead atoms. The molecule has 33 heavy (non-hydrogen) atoms. The molecule has 3 aromatic rings. The number of nitrogens with one attached hydrogen (secondary N) is 2.